The first-order valence-corrected chi connectivity index (χ1v) is 7.97. The van der Waals surface area contributed by atoms with Crippen LogP contribution in [0.1, 0.15) is 5.56 Å². The van der Waals surface area contributed by atoms with Crippen LogP contribution < -0.4 is 10.8 Å². The number of halogens is 2. The minimum absolute atomic E-state index is 0.280. The average molecular weight is 354 g/mol. The number of nitrogens with one attached hydrogen (secondary N) is 1. The van der Waals surface area contributed by atoms with Crippen molar-refractivity contribution in [2.45, 2.75) is 11.5 Å². The molecule has 112 valence electrons. The van der Waals surface area contributed by atoms with Crippen LogP contribution in [0.25, 0.3) is 0 Å². The Balaban J connectivity index is 1.75. The predicted octanol–water partition coefficient (Wildman–Crippen LogP) is 3.54. The Hall–Kier alpha value is -1.18. The first-order valence-electron chi connectivity index (χ1n) is 6.40. The fourth-order valence-corrected chi connectivity index (χ4v) is 3.22. The second kappa shape index (κ2) is 6.52. The van der Waals surface area contributed by atoms with Gasteiger partial charge in [0.2, 0.25) is 0 Å². The van der Waals surface area contributed by atoms with Gasteiger partial charge in [0.25, 0.3) is 5.24 Å². The van der Waals surface area contributed by atoms with Crippen LogP contribution in [0.2, 0.25) is 10.0 Å². The number of carbonyl (C=O) groups is 1. The quantitative estimate of drug-likeness (QED) is 0.640. The molecule has 1 aliphatic rings. The average Bonchev–Trinajstić information content (AvgIpc) is 2.87. The maximum absolute atomic E-state index is 12.1. The number of hydrogen-bond acceptors (Lipinski definition) is 4. The highest BCUT2D eigenvalue weighted by atomic mass is 35.5. The largest absolute Gasteiger partial charge is 0.493 e. The highest BCUT2D eigenvalue weighted by Gasteiger charge is 2.31. The number of benzene rings is 2. The Bertz CT molecular complexity index is 727. The Morgan fingerprint density at radius 1 is 1.23 bits per heavy atom. The normalized spacial score (nSPS) is 13.1. The topological polar surface area (TPSA) is 58.6 Å². The number of amides is 1. The van der Waals surface area contributed by atoms with E-state index in [4.69, 9.17) is 27.9 Å². The van der Waals surface area contributed by atoms with E-state index in [1.807, 2.05) is 0 Å². The minimum atomic E-state index is -1.05. The van der Waals surface area contributed by atoms with Gasteiger partial charge in [-0.25, -0.2) is 0 Å². The first-order chi connectivity index (χ1) is 10.5. The molecule has 22 heavy (non-hydrogen) atoms. The van der Waals surface area contributed by atoms with E-state index in [1.165, 1.54) is 0 Å². The van der Waals surface area contributed by atoms with Crippen molar-refractivity contribution in [3.05, 3.63) is 52.0 Å². The lowest BCUT2D eigenvalue weighted by molar-refractivity contribution is 0.269. The van der Waals surface area contributed by atoms with Gasteiger partial charge in [0, 0.05) is 15.4 Å². The van der Waals surface area contributed by atoms with Gasteiger partial charge in [0.1, 0.15) is 0 Å². The molecule has 0 saturated heterocycles. The Kier molecular flexibility index (Phi) is 4.66. The van der Waals surface area contributed by atoms with Gasteiger partial charge in [-0.1, -0.05) is 29.3 Å². The molecule has 0 saturated carbocycles. The SMILES string of the molecule is O=C(Nc1ccc2c(c1Cl)B(O)OC2)Sc1ccc(Cl)cc1. The highest BCUT2D eigenvalue weighted by Crippen LogP contribution is 2.28. The Morgan fingerprint density at radius 2 is 1.95 bits per heavy atom. The summed E-state index contributed by atoms with van der Waals surface area (Å²) in [5.41, 5.74) is 1.77. The van der Waals surface area contributed by atoms with E-state index < -0.39 is 7.12 Å². The van der Waals surface area contributed by atoms with Gasteiger partial charge in [-0.3, -0.25) is 4.79 Å². The molecular weight excluding hydrogens is 344 g/mol. The van der Waals surface area contributed by atoms with Crippen LogP contribution in [0.5, 0.6) is 0 Å². The molecule has 8 heteroatoms. The van der Waals surface area contributed by atoms with E-state index in [9.17, 15) is 9.82 Å². The third-order valence-electron chi connectivity index (χ3n) is 3.17. The van der Waals surface area contributed by atoms with Crippen molar-refractivity contribution < 1.29 is 14.5 Å². The molecule has 1 aliphatic heterocycles. The summed E-state index contributed by atoms with van der Waals surface area (Å²) in [5, 5.41) is 13.1. The summed E-state index contributed by atoms with van der Waals surface area (Å²) in [7, 11) is -1.05. The van der Waals surface area contributed by atoms with E-state index >= 15 is 0 Å². The minimum Gasteiger partial charge on any atom is -0.423 e. The lowest BCUT2D eigenvalue weighted by Gasteiger charge is -2.10. The van der Waals surface area contributed by atoms with Crippen LogP contribution in [-0.2, 0) is 11.3 Å². The van der Waals surface area contributed by atoms with E-state index in [0.717, 1.165) is 22.2 Å². The lowest BCUT2D eigenvalue weighted by atomic mass is 9.79. The molecule has 2 N–H and O–H groups in total. The third-order valence-corrected chi connectivity index (χ3v) is 4.63. The standard InChI is InChI=1S/C14H10BCl2NO3S/c16-9-2-4-10(5-3-9)22-14(19)18-11-6-1-8-7-21-15(20)12(8)13(11)17/h1-6,20H,7H2,(H,18,19). The van der Waals surface area contributed by atoms with Crippen LogP contribution >= 0.6 is 35.0 Å². The fraction of sp³-hybridized carbons (Fsp3) is 0.0714. The van der Waals surface area contributed by atoms with Gasteiger partial charge < -0.3 is 15.0 Å². The molecular formula is C14H10BCl2NO3S. The number of rotatable bonds is 2. The highest BCUT2D eigenvalue weighted by molar-refractivity contribution is 8.13. The molecule has 0 atom stereocenters. The molecule has 1 heterocycles. The van der Waals surface area contributed by atoms with Crippen molar-refractivity contribution in [3.63, 3.8) is 0 Å². The maximum atomic E-state index is 12.1. The van der Waals surface area contributed by atoms with Gasteiger partial charge in [0.15, 0.2) is 0 Å². The summed E-state index contributed by atoms with van der Waals surface area (Å²) >= 11 is 13.1. The van der Waals surface area contributed by atoms with Gasteiger partial charge in [-0.15, -0.1) is 0 Å². The van der Waals surface area contributed by atoms with Gasteiger partial charge in [0.05, 0.1) is 17.3 Å². The van der Waals surface area contributed by atoms with Crippen molar-refractivity contribution in [2.75, 3.05) is 5.32 Å². The number of anilines is 1. The van der Waals surface area contributed by atoms with Crippen LogP contribution in [0.15, 0.2) is 41.3 Å². The molecule has 1 amide bonds. The molecule has 0 spiro atoms. The summed E-state index contributed by atoms with van der Waals surface area (Å²) in [5.74, 6) is 0. The van der Waals surface area contributed by atoms with Gasteiger partial charge >= 0.3 is 7.12 Å². The number of thioether (sulfide) groups is 1. The summed E-state index contributed by atoms with van der Waals surface area (Å²) in [6, 6.07) is 10.4. The number of fused-ring (bicyclic) bond motifs is 1. The molecule has 0 unspecified atom stereocenters. The van der Waals surface area contributed by atoms with Crippen molar-refractivity contribution in [3.8, 4) is 0 Å². The van der Waals surface area contributed by atoms with Crippen molar-refractivity contribution in [2.24, 2.45) is 0 Å². The zero-order valence-electron chi connectivity index (χ0n) is 11.2. The van der Waals surface area contributed by atoms with Gasteiger partial charge in [-0.2, -0.15) is 0 Å². The molecule has 0 aliphatic carbocycles. The second-order valence-corrected chi connectivity index (χ2v) is 6.49. The summed E-state index contributed by atoms with van der Waals surface area (Å²) in [4.78, 5) is 12.8. The van der Waals surface area contributed by atoms with E-state index in [1.54, 1.807) is 36.4 Å². The van der Waals surface area contributed by atoms with Gasteiger partial charge in [-0.05, 0) is 47.7 Å². The third kappa shape index (κ3) is 3.26. The molecule has 2 aromatic rings. The van der Waals surface area contributed by atoms with Crippen LogP contribution in [-0.4, -0.2) is 17.4 Å². The van der Waals surface area contributed by atoms with Crippen molar-refractivity contribution in [1.29, 1.82) is 0 Å². The van der Waals surface area contributed by atoms with E-state index in [-0.39, 0.29) is 5.24 Å². The molecule has 2 aromatic carbocycles. The number of hydrogen-bond donors (Lipinski definition) is 2. The van der Waals surface area contributed by atoms with Crippen molar-refractivity contribution in [1.82, 2.24) is 0 Å². The summed E-state index contributed by atoms with van der Waals surface area (Å²) in [6.07, 6.45) is 0. The molecule has 0 fully saturated rings. The van der Waals surface area contributed by atoms with Crippen molar-refractivity contribution >= 4 is 58.5 Å². The van der Waals surface area contributed by atoms with E-state index in [0.29, 0.717) is 27.8 Å². The molecule has 0 radical (unpaired) electrons. The molecule has 0 bridgehead atoms. The molecule has 4 nitrogen and oxygen atoms in total. The molecule has 0 aromatic heterocycles. The zero-order chi connectivity index (χ0) is 15.7. The van der Waals surface area contributed by atoms with Crippen LogP contribution in [0.4, 0.5) is 10.5 Å². The monoisotopic (exact) mass is 353 g/mol. The smallest absolute Gasteiger partial charge is 0.423 e. The van der Waals surface area contributed by atoms with Crippen LogP contribution in [0, 0.1) is 0 Å². The molecule has 3 rings (SSSR count). The Morgan fingerprint density at radius 3 is 2.68 bits per heavy atom. The zero-order valence-corrected chi connectivity index (χ0v) is 13.5. The summed E-state index contributed by atoms with van der Waals surface area (Å²) < 4.78 is 5.11. The van der Waals surface area contributed by atoms with E-state index in [2.05, 4.69) is 5.32 Å². The lowest BCUT2D eigenvalue weighted by Crippen LogP contribution is -2.29. The second-order valence-electron chi connectivity index (χ2n) is 4.63. The van der Waals surface area contributed by atoms with Crippen LogP contribution in [0.3, 0.4) is 0 Å². The number of carbonyl (C=O) groups excluding carboxylic acids is 1. The predicted molar refractivity (Wildman–Crippen MR) is 90.2 cm³/mol. The first kappa shape index (κ1) is 15.7. The Labute approximate surface area is 141 Å². The fourth-order valence-electron chi connectivity index (χ4n) is 2.12. The maximum Gasteiger partial charge on any atom is 0.493 e. The summed E-state index contributed by atoms with van der Waals surface area (Å²) in [6.45, 7) is 0.309.